The van der Waals surface area contributed by atoms with E-state index in [1.54, 1.807) is 0 Å². The number of para-hydroxylation sites is 1. The Morgan fingerprint density at radius 2 is 1.70 bits per heavy atom. The number of β-lactam (4-membered cyclic amide) rings is 1. The van der Waals surface area contributed by atoms with Gasteiger partial charge in [0, 0.05) is 44.8 Å². The zero-order chi connectivity index (χ0) is 26.4. The molecule has 37 heavy (non-hydrogen) atoms. The molecule has 2 heterocycles. The van der Waals surface area contributed by atoms with Gasteiger partial charge in [-0.15, -0.1) is 0 Å². The number of nitrogens with zero attached hydrogens (tertiary/aromatic N) is 3. The number of carbonyl (C=O) groups is 2. The highest BCUT2D eigenvalue weighted by Crippen LogP contribution is 2.47. The largest absolute Gasteiger partial charge is 0.468 e. The molecule has 0 aliphatic carbocycles. The van der Waals surface area contributed by atoms with Crippen molar-refractivity contribution >= 4 is 11.9 Å². The number of hydrogen-bond acceptors (Lipinski definition) is 5. The van der Waals surface area contributed by atoms with Crippen LogP contribution in [0.1, 0.15) is 64.1 Å². The number of imide groups is 1. The van der Waals surface area contributed by atoms with E-state index >= 15 is 0 Å². The number of urea groups is 1. The van der Waals surface area contributed by atoms with Crippen LogP contribution in [0.15, 0.2) is 54.6 Å². The Bertz CT molecular complexity index is 1050. The molecular weight excluding hydrogens is 464 g/mol. The van der Waals surface area contributed by atoms with Crippen molar-refractivity contribution < 1.29 is 14.3 Å². The first-order chi connectivity index (χ1) is 18.0. The Morgan fingerprint density at radius 1 is 1.05 bits per heavy atom. The van der Waals surface area contributed by atoms with Gasteiger partial charge in [0.15, 0.2) is 6.23 Å². The van der Waals surface area contributed by atoms with E-state index in [1.165, 1.54) is 4.90 Å². The summed E-state index contributed by atoms with van der Waals surface area (Å²) in [5, 5.41) is 3.40. The van der Waals surface area contributed by atoms with Crippen molar-refractivity contribution in [3.63, 3.8) is 0 Å². The number of benzene rings is 2. The summed E-state index contributed by atoms with van der Waals surface area (Å²) in [6.07, 6.45) is 1.42. The summed E-state index contributed by atoms with van der Waals surface area (Å²) in [7, 11) is 0. The molecule has 0 unspecified atom stereocenters. The second kappa shape index (κ2) is 12.1. The van der Waals surface area contributed by atoms with Gasteiger partial charge in [0.2, 0.25) is 5.91 Å². The Labute approximate surface area is 221 Å². The summed E-state index contributed by atoms with van der Waals surface area (Å²) in [5.41, 5.74) is 1.43. The van der Waals surface area contributed by atoms with Gasteiger partial charge in [0.05, 0.1) is 6.04 Å². The molecule has 200 valence electrons. The Hall–Kier alpha value is -2.90. The van der Waals surface area contributed by atoms with Crippen molar-refractivity contribution in [3.05, 3.63) is 65.7 Å². The molecule has 4 rings (SSSR count). The SMILES string of the molecule is CCCN(C(=O)N1C(=O)C(CC)(CC)[C@@H]1Oc1ccccc1CN1CCNCC1)[C@H](C)c1ccccc1. The average molecular weight is 507 g/mol. The maximum Gasteiger partial charge on any atom is 0.330 e. The molecule has 2 fully saturated rings. The van der Waals surface area contributed by atoms with E-state index in [-0.39, 0.29) is 18.0 Å². The van der Waals surface area contributed by atoms with Crippen molar-refractivity contribution in [1.29, 1.82) is 0 Å². The van der Waals surface area contributed by atoms with Crippen LogP contribution in [0.3, 0.4) is 0 Å². The van der Waals surface area contributed by atoms with Crippen molar-refractivity contribution in [2.75, 3.05) is 32.7 Å². The number of hydrogen-bond donors (Lipinski definition) is 1. The predicted molar refractivity (Wildman–Crippen MR) is 146 cm³/mol. The number of carbonyl (C=O) groups excluding carboxylic acids is 2. The Morgan fingerprint density at radius 3 is 2.35 bits per heavy atom. The van der Waals surface area contributed by atoms with E-state index in [2.05, 4.69) is 23.2 Å². The molecule has 0 aromatic heterocycles. The highest BCUT2D eigenvalue weighted by Gasteiger charge is 2.63. The number of piperazine rings is 1. The molecule has 0 radical (unpaired) electrons. The third-order valence-electron chi connectivity index (χ3n) is 8.09. The zero-order valence-electron chi connectivity index (χ0n) is 22.8. The van der Waals surface area contributed by atoms with Crippen LogP contribution >= 0.6 is 0 Å². The fraction of sp³-hybridized carbons (Fsp3) is 0.533. The molecule has 2 atom stereocenters. The lowest BCUT2D eigenvalue weighted by Gasteiger charge is -2.54. The molecule has 1 N–H and O–H groups in total. The average Bonchev–Trinajstić information content (AvgIpc) is 2.94. The normalized spacial score (nSPS) is 20.3. The highest BCUT2D eigenvalue weighted by molar-refractivity contribution is 6.03. The van der Waals surface area contributed by atoms with Gasteiger partial charge in [-0.3, -0.25) is 9.69 Å². The van der Waals surface area contributed by atoms with Gasteiger partial charge >= 0.3 is 6.03 Å². The van der Waals surface area contributed by atoms with Gasteiger partial charge in [0.1, 0.15) is 11.2 Å². The molecule has 2 aromatic carbocycles. The van der Waals surface area contributed by atoms with Gasteiger partial charge in [-0.05, 0) is 37.8 Å². The van der Waals surface area contributed by atoms with Gasteiger partial charge in [-0.2, -0.15) is 0 Å². The smallest absolute Gasteiger partial charge is 0.330 e. The number of rotatable bonds is 10. The minimum absolute atomic E-state index is 0.131. The summed E-state index contributed by atoms with van der Waals surface area (Å²) < 4.78 is 6.65. The molecule has 2 aliphatic heterocycles. The standard InChI is InChI=1S/C30H42N4O3/c1-5-19-33(23(4)24-13-9-8-10-14-24)29(36)34-27(35)30(6-2,7-3)28(34)37-26-16-12-11-15-25(26)22-32-20-17-31-18-21-32/h8-16,23,28,31H,5-7,17-22H2,1-4H3/t23-,28+/m1/s1. The Kier molecular flexibility index (Phi) is 8.87. The zero-order valence-corrected chi connectivity index (χ0v) is 22.8. The quantitative estimate of drug-likeness (QED) is 0.458. The molecule has 2 saturated heterocycles. The first kappa shape index (κ1) is 27.1. The highest BCUT2D eigenvalue weighted by atomic mass is 16.5. The molecule has 7 heteroatoms. The van der Waals surface area contributed by atoms with Crippen LogP contribution in [0.25, 0.3) is 0 Å². The van der Waals surface area contributed by atoms with Crippen LogP contribution in [-0.2, 0) is 11.3 Å². The van der Waals surface area contributed by atoms with Crippen LogP contribution in [0.5, 0.6) is 5.75 Å². The number of likely N-dealkylation sites (tertiary alicyclic amines) is 1. The molecule has 2 aromatic rings. The molecule has 0 bridgehead atoms. The summed E-state index contributed by atoms with van der Waals surface area (Å²) in [4.78, 5) is 33.2. The lowest BCUT2D eigenvalue weighted by atomic mass is 9.72. The third kappa shape index (κ3) is 5.39. The molecule has 0 spiro atoms. The van der Waals surface area contributed by atoms with E-state index in [4.69, 9.17) is 4.74 Å². The fourth-order valence-electron chi connectivity index (χ4n) is 5.61. The molecular formula is C30H42N4O3. The van der Waals surface area contributed by atoms with E-state index in [9.17, 15) is 9.59 Å². The van der Waals surface area contributed by atoms with E-state index in [0.717, 1.165) is 56.0 Å². The Balaban J connectivity index is 1.62. The van der Waals surface area contributed by atoms with E-state index in [1.807, 2.05) is 74.2 Å². The van der Waals surface area contributed by atoms with Gasteiger partial charge in [0.25, 0.3) is 0 Å². The third-order valence-corrected chi connectivity index (χ3v) is 8.09. The second-order valence-electron chi connectivity index (χ2n) is 10.2. The first-order valence-corrected chi connectivity index (χ1v) is 13.8. The summed E-state index contributed by atoms with van der Waals surface area (Å²) in [6, 6.07) is 17.6. The van der Waals surface area contributed by atoms with Crippen LogP contribution in [0, 0.1) is 5.41 Å². The maximum atomic E-state index is 14.0. The lowest BCUT2D eigenvalue weighted by molar-refractivity contribution is -0.193. The van der Waals surface area contributed by atoms with Gasteiger partial charge < -0.3 is 15.0 Å². The van der Waals surface area contributed by atoms with Gasteiger partial charge in [-0.25, -0.2) is 9.69 Å². The lowest BCUT2D eigenvalue weighted by Crippen LogP contribution is -2.74. The number of ether oxygens (including phenoxy) is 1. The van der Waals surface area contributed by atoms with Crippen molar-refractivity contribution in [2.24, 2.45) is 5.41 Å². The first-order valence-electron chi connectivity index (χ1n) is 13.8. The van der Waals surface area contributed by atoms with E-state index in [0.29, 0.717) is 19.4 Å². The number of amides is 3. The molecule has 7 nitrogen and oxygen atoms in total. The fourth-order valence-corrected chi connectivity index (χ4v) is 5.61. The monoisotopic (exact) mass is 506 g/mol. The molecule has 3 amide bonds. The second-order valence-corrected chi connectivity index (χ2v) is 10.2. The topological polar surface area (TPSA) is 65.1 Å². The molecule has 0 saturated carbocycles. The summed E-state index contributed by atoms with van der Waals surface area (Å²) in [6.45, 7) is 13.4. The molecule has 2 aliphatic rings. The van der Waals surface area contributed by atoms with Gasteiger partial charge in [-0.1, -0.05) is 69.3 Å². The summed E-state index contributed by atoms with van der Waals surface area (Å²) in [5.74, 6) is 0.620. The maximum absolute atomic E-state index is 14.0. The predicted octanol–water partition coefficient (Wildman–Crippen LogP) is 5.04. The number of nitrogens with one attached hydrogen (secondary N) is 1. The van der Waals surface area contributed by atoms with Crippen LogP contribution in [0.4, 0.5) is 4.79 Å². The van der Waals surface area contributed by atoms with Crippen LogP contribution < -0.4 is 10.1 Å². The van der Waals surface area contributed by atoms with Crippen molar-refractivity contribution in [2.45, 2.75) is 65.8 Å². The minimum Gasteiger partial charge on any atom is -0.468 e. The van der Waals surface area contributed by atoms with Crippen molar-refractivity contribution in [1.82, 2.24) is 20.0 Å². The van der Waals surface area contributed by atoms with Crippen molar-refractivity contribution in [3.8, 4) is 5.75 Å². The summed E-state index contributed by atoms with van der Waals surface area (Å²) >= 11 is 0. The minimum atomic E-state index is -0.703. The van der Waals surface area contributed by atoms with E-state index < -0.39 is 11.6 Å². The van der Waals surface area contributed by atoms with Crippen LogP contribution in [-0.4, -0.2) is 65.6 Å². The van der Waals surface area contributed by atoms with Crippen LogP contribution in [0.2, 0.25) is 0 Å².